The third kappa shape index (κ3) is 17.9. The molecule has 2 saturated heterocycles. The Morgan fingerprint density at radius 1 is 0.735 bits per heavy atom. The first-order valence-corrected chi connectivity index (χ1v) is 41.2. The van der Waals surface area contributed by atoms with E-state index in [0.29, 0.717) is 75.3 Å². The fourth-order valence-corrected chi connectivity index (χ4v) is 17.9. The van der Waals surface area contributed by atoms with Crippen molar-refractivity contribution in [2.75, 3.05) is 95.0 Å². The van der Waals surface area contributed by atoms with E-state index in [4.69, 9.17) is 54.7 Å². The molecular formula is C70H75Cl2N23O12S6. The summed E-state index contributed by atoms with van der Waals surface area (Å²) in [5, 5.41) is 38.9. The number of aliphatic imine (C=N–C) groups is 2. The Hall–Kier alpha value is -10.8. The van der Waals surface area contributed by atoms with Crippen LogP contribution in [0.1, 0.15) is 123 Å². The van der Waals surface area contributed by atoms with E-state index in [1.54, 1.807) is 31.1 Å². The number of pyridine rings is 3. The van der Waals surface area contributed by atoms with Gasteiger partial charge in [0.25, 0.3) is 34.4 Å². The number of aliphatic hydroxyl groups excluding tert-OH is 1. The highest BCUT2D eigenvalue weighted by molar-refractivity contribution is 7.19. The lowest BCUT2D eigenvalue weighted by Gasteiger charge is -2.21. The molecule has 113 heavy (non-hydrogen) atoms. The molecule has 4 aliphatic rings. The van der Waals surface area contributed by atoms with Crippen molar-refractivity contribution < 1.29 is 43.7 Å². The fraction of sp³-hybridized carbons (Fsp3) is 0.343. The van der Waals surface area contributed by atoms with Gasteiger partial charge in [0.2, 0.25) is 11.8 Å². The summed E-state index contributed by atoms with van der Waals surface area (Å²) in [6, 6.07) is 9.06. The maximum absolute atomic E-state index is 13.5. The van der Waals surface area contributed by atoms with Crippen LogP contribution in [0.3, 0.4) is 0 Å². The lowest BCUT2D eigenvalue weighted by Crippen LogP contribution is -2.28. The number of fused-ring (bicyclic) bond motifs is 4. The number of hydrogen-bond donors (Lipinski definition) is 12. The third-order valence-electron chi connectivity index (χ3n) is 18.3. The minimum Gasteiger partial charge on any atom is -0.504 e. The molecule has 3 unspecified atom stereocenters. The number of anilines is 10. The second kappa shape index (κ2) is 35.9. The van der Waals surface area contributed by atoms with Crippen LogP contribution in [0.25, 0.3) is 21.9 Å². The number of amidine groups is 3. The van der Waals surface area contributed by atoms with Crippen LogP contribution in [0.5, 0.6) is 11.6 Å². The number of H-pyrrole nitrogens is 3. The Morgan fingerprint density at radius 2 is 1.34 bits per heavy atom. The second-order valence-electron chi connectivity index (χ2n) is 25.8. The van der Waals surface area contributed by atoms with Crippen LogP contribution in [0, 0.1) is 0 Å². The molecule has 0 bridgehead atoms. The van der Waals surface area contributed by atoms with Crippen molar-refractivity contribution in [3.05, 3.63) is 146 Å². The normalized spacial score (nSPS) is 15.3. The number of nitrogens with two attached hydrogens (primary N) is 3. The Balaban J connectivity index is 0.000000148. The smallest absolute Gasteiger partial charge is 0.274 e. The molecule has 0 spiro atoms. The second-order valence-corrected chi connectivity index (χ2v) is 32.1. The molecule has 15 N–H and O–H groups in total. The van der Waals surface area contributed by atoms with Crippen LogP contribution >= 0.6 is 91.8 Å². The molecule has 35 nitrogen and oxygen atoms in total. The first-order chi connectivity index (χ1) is 54.6. The molecule has 10 aromatic heterocycles. The van der Waals surface area contributed by atoms with Gasteiger partial charge >= 0.3 is 0 Å². The number of thiazole rings is 3. The number of aliphatic hydroxyl groups is 1. The van der Waals surface area contributed by atoms with Crippen LogP contribution in [0.15, 0.2) is 97.0 Å². The van der Waals surface area contributed by atoms with Gasteiger partial charge in [0.15, 0.2) is 37.7 Å². The minimum absolute atomic E-state index is 0.0272. The van der Waals surface area contributed by atoms with E-state index in [2.05, 4.69) is 84.3 Å². The quantitative estimate of drug-likeness (QED) is 0.00832. The predicted molar refractivity (Wildman–Crippen MR) is 444 cm³/mol. The zero-order valence-electron chi connectivity index (χ0n) is 60.8. The van der Waals surface area contributed by atoms with Gasteiger partial charge in [-0.3, -0.25) is 66.2 Å². The fourth-order valence-electron chi connectivity index (χ4n) is 12.7. The van der Waals surface area contributed by atoms with E-state index in [9.17, 15) is 43.8 Å². The number of alkyl halides is 1. The monoisotopic (exact) mass is 1690 g/mol. The summed E-state index contributed by atoms with van der Waals surface area (Å²) in [6.45, 7) is 9.03. The number of ether oxygens (including phenoxy) is 2. The first-order valence-electron chi connectivity index (χ1n) is 35.4. The molecule has 592 valence electrons. The molecule has 43 heteroatoms. The van der Waals surface area contributed by atoms with Gasteiger partial charge in [0.05, 0.1) is 95.8 Å². The van der Waals surface area contributed by atoms with Crippen molar-refractivity contribution in [3.8, 4) is 11.6 Å². The summed E-state index contributed by atoms with van der Waals surface area (Å²) < 4.78 is 20.4. The zero-order valence-corrected chi connectivity index (χ0v) is 67.2. The number of aromatic hydroxyl groups is 1. The summed E-state index contributed by atoms with van der Waals surface area (Å²) in [4.78, 5) is 136. The van der Waals surface area contributed by atoms with Crippen LogP contribution in [-0.4, -0.2) is 176 Å². The summed E-state index contributed by atoms with van der Waals surface area (Å²) in [5.41, 5.74) is 23.5. The van der Waals surface area contributed by atoms with Crippen LogP contribution in [0.2, 0.25) is 5.02 Å². The number of aromatic nitrogens is 10. The van der Waals surface area contributed by atoms with Crippen molar-refractivity contribution in [2.24, 2.45) is 32.3 Å². The number of carbonyl (C=O) groups excluding carboxylic acids is 4. The number of aromatic amines is 3. The van der Waals surface area contributed by atoms with Gasteiger partial charge in [-0.1, -0.05) is 75.9 Å². The number of oxime groups is 1. The van der Waals surface area contributed by atoms with E-state index in [1.165, 1.54) is 64.9 Å². The number of nitrogens with zero attached hydrogens (tertiary/aromatic N) is 13. The molecule has 14 heterocycles. The van der Waals surface area contributed by atoms with Gasteiger partial charge in [-0.15, -0.1) is 11.6 Å². The molecule has 0 aliphatic carbocycles. The summed E-state index contributed by atoms with van der Waals surface area (Å²) in [5.74, 6) is -0.970. The number of nitrogens with one attached hydrogen (secondary N) is 7. The summed E-state index contributed by atoms with van der Waals surface area (Å²) >= 11 is 18.5. The number of benzene rings is 1. The molecule has 11 aromatic rings. The molecule has 1 aromatic carbocycles. The van der Waals surface area contributed by atoms with E-state index in [1.807, 2.05) is 43.5 Å². The lowest BCUT2D eigenvalue weighted by atomic mass is 10.1. The first kappa shape index (κ1) is 80.3. The maximum atomic E-state index is 13.5. The van der Waals surface area contributed by atoms with E-state index < -0.39 is 17.5 Å². The topological polar surface area (TPSA) is 490 Å². The molecule has 15 rings (SSSR count). The van der Waals surface area contributed by atoms with Gasteiger partial charge in [0, 0.05) is 68.0 Å². The van der Waals surface area contributed by atoms with Crippen molar-refractivity contribution in [3.63, 3.8) is 0 Å². The van der Waals surface area contributed by atoms with Crippen LogP contribution in [0.4, 0.5) is 53.3 Å². The average Bonchev–Trinajstić information content (AvgIpc) is 1.64. The Morgan fingerprint density at radius 3 is 1.96 bits per heavy atom. The number of carbonyl (C=O) groups is 4. The predicted octanol–water partition coefficient (Wildman–Crippen LogP) is 9.63. The Bertz CT molecular complexity index is 5650. The van der Waals surface area contributed by atoms with E-state index in [0.717, 1.165) is 131 Å². The molecule has 0 radical (unpaired) electrons. The number of rotatable bonds is 25. The number of methoxy groups -OCH3 is 1. The highest BCUT2D eigenvalue weighted by atomic mass is 35.5. The van der Waals surface area contributed by atoms with Crippen molar-refractivity contribution in [1.82, 2.24) is 47.6 Å². The molecule has 0 saturated carbocycles. The van der Waals surface area contributed by atoms with E-state index >= 15 is 0 Å². The van der Waals surface area contributed by atoms with Gasteiger partial charge < -0.3 is 77.7 Å². The average molecular weight is 1690 g/mol. The minimum atomic E-state index is -0.483. The summed E-state index contributed by atoms with van der Waals surface area (Å²) in [6.07, 6.45) is 17.6. The van der Waals surface area contributed by atoms with Gasteiger partial charge in [-0.05, 0) is 112 Å². The maximum Gasteiger partial charge on any atom is 0.274 e. The molecule has 4 aliphatic heterocycles. The molecule has 2 fully saturated rings. The Kier molecular flexibility index (Phi) is 25.5. The largest absolute Gasteiger partial charge is 0.504 e. The Labute approximate surface area is 676 Å². The number of para-hydroxylation sites is 1. The molecular weight excluding hydrogens is 1620 g/mol. The van der Waals surface area contributed by atoms with Crippen molar-refractivity contribution in [1.29, 1.82) is 0 Å². The number of amides is 3. The molecule has 3 amide bonds. The zero-order chi connectivity index (χ0) is 79.7. The highest BCUT2D eigenvalue weighted by Gasteiger charge is 2.35. The van der Waals surface area contributed by atoms with Gasteiger partial charge in [0.1, 0.15) is 65.2 Å². The lowest BCUT2D eigenvalue weighted by molar-refractivity contribution is -0.115. The van der Waals surface area contributed by atoms with Crippen molar-refractivity contribution in [2.45, 2.75) is 96.7 Å². The number of halogens is 2. The van der Waals surface area contributed by atoms with Gasteiger partial charge in [-0.25, -0.2) is 19.9 Å². The third-order valence-corrected chi connectivity index (χ3v) is 23.8. The van der Waals surface area contributed by atoms with Crippen LogP contribution in [-0.2, 0) is 27.2 Å². The SMILES string of the molecule is CC(CCC1CCCO1)N=C(N)c1c(Nc2ncc(C(=O)n3cc(Cl)c4nc5ccccc5cc43)s2)s[nH]c1=O.CC(CO)N=C(N)c1c(Nc2ncc(C(=O)N3CCc4c(N5CCCC5)cncc43)s2)s[nH]c1=O.CCC(=O)Nc1ncc2c(c1O)CCN2C(=O)c1sc(Nc2s[nH]c(=O)c2C(N)=NOCCCl)nc1OC. The van der Waals surface area contributed by atoms with Gasteiger partial charge in [-0.2, -0.15) is 4.98 Å². The summed E-state index contributed by atoms with van der Waals surface area (Å²) in [7, 11) is 1.38. The standard InChI is InChI=1S/C27H26ClN7O3S2.C22H26N8O3S2.C21H23ClN8O6S2/c1-14(8-9-16-6-4-10-38-16)31-23(29)21-24(36)34-40-25(21)33-27-30-12-20(39-27)26(37)35-13-17(28)22-19(35)11-15-5-2-3-7-18(15)32-22;1-12(11-31)26-18(23)17-19(32)28-35-20(17)27-22-25-10-16(34-22)21(33)30-7-4-13-14(8-24-9-15(13)30)29-5-2-3-6-29;1-3-11(31)25-16-13(32)9-4-6-30(10(9)8-24-16)20(34)14-18(35-2)26-21(37-14)27-19-12(17(33)29-38-19)15(23)28-36-7-5-22/h2-3,5,7,11-14,16H,4,6,8-10H2,1H3,(H2,29,31)(H,30,33)(H,34,36);8-10,12,31H,2-7,11H2,1H3,(H2,23,26)(H,25,27)(H,28,32);8,32H,3-7H2,1-2H3,(H2,23,28)(H,26,27)(H,29,33)(H,24,25,31). The van der Waals surface area contributed by atoms with Crippen LogP contribution < -0.4 is 74.6 Å². The molecule has 3 atom stereocenters. The van der Waals surface area contributed by atoms with E-state index in [-0.39, 0.29) is 135 Å². The highest BCUT2D eigenvalue weighted by Crippen LogP contribution is 2.43. The van der Waals surface area contributed by atoms with Crippen molar-refractivity contribution >= 4 is 208 Å². The number of hydrogen-bond acceptors (Lipinski definition) is 31.